The first-order valence-corrected chi connectivity index (χ1v) is 12.9. The summed E-state index contributed by atoms with van der Waals surface area (Å²) in [5.41, 5.74) is 1.94. The number of nitrogens with zero attached hydrogens (tertiary/aromatic N) is 1. The fraction of sp³-hybridized carbons (Fsp3) is 0.429. The average Bonchev–Trinajstić information content (AvgIpc) is 2.94. The lowest BCUT2D eigenvalue weighted by molar-refractivity contribution is -0.140. The van der Waals surface area contributed by atoms with E-state index in [1.165, 1.54) is 0 Å². The van der Waals surface area contributed by atoms with E-state index in [-0.39, 0.29) is 31.4 Å². The smallest absolute Gasteiger partial charge is 0.408 e. The number of alkyl carbamates (subject to hydrolysis) is 1. The van der Waals surface area contributed by atoms with Crippen LogP contribution >= 0.6 is 0 Å². The molecule has 4 N–H and O–H groups in total. The van der Waals surface area contributed by atoms with Crippen molar-refractivity contribution in [2.24, 2.45) is 11.8 Å². The maximum absolute atomic E-state index is 13.3. The third kappa shape index (κ3) is 8.36. The first-order chi connectivity index (χ1) is 18.5. The molecule has 1 aliphatic heterocycles. The van der Waals surface area contributed by atoms with Crippen LogP contribution in [0.2, 0.25) is 0 Å². The molecule has 2 aromatic rings. The molecule has 0 saturated carbocycles. The van der Waals surface area contributed by atoms with Crippen LogP contribution < -0.4 is 21.3 Å². The molecule has 0 aliphatic carbocycles. The van der Waals surface area contributed by atoms with Gasteiger partial charge in [-0.3, -0.25) is 24.2 Å². The van der Waals surface area contributed by atoms with Crippen molar-refractivity contribution in [1.29, 1.82) is 0 Å². The zero-order chi connectivity index (χ0) is 28.5. The van der Waals surface area contributed by atoms with Gasteiger partial charge in [0.05, 0.1) is 12.2 Å². The molecular formula is C28H35N5O6. The van der Waals surface area contributed by atoms with E-state index in [0.717, 1.165) is 5.56 Å². The van der Waals surface area contributed by atoms with Gasteiger partial charge in [-0.25, -0.2) is 4.79 Å². The predicted molar refractivity (Wildman–Crippen MR) is 142 cm³/mol. The summed E-state index contributed by atoms with van der Waals surface area (Å²) in [7, 11) is 0. The van der Waals surface area contributed by atoms with Gasteiger partial charge in [-0.1, -0.05) is 64.1 Å². The van der Waals surface area contributed by atoms with Crippen molar-refractivity contribution < 1.29 is 28.7 Å². The second kappa shape index (κ2) is 13.5. The highest BCUT2D eigenvalue weighted by Crippen LogP contribution is 2.11. The van der Waals surface area contributed by atoms with E-state index >= 15 is 0 Å². The molecule has 1 aromatic carbocycles. The van der Waals surface area contributed by atoms with E-state index in [0.29, 0.717) is 11.4 Å². The molecule has 1 aliphatic rings. The van der Waals surface area contributed by atoms with Crippen molar-refractivity contribution in [2.45, 2.75) is 65.4 Å². The fourth-order valence-corrected chi connectivity index (χ4v) is 4.04. The Morgan fingerprint density at radius 1 is 0.897 bits per heavy atom. The van der Waals surface area contributed by atoms with Crippen LogP contribution in [-0.2, 0) is 43.5 Å². The Labute approximate surface area is 227 Å². The Hall–Kier alpha value is -4.28. The molecule has 3 atom stereocenters. The van der Waals surface area contributed by atoms with Crippen LogP contribution in [0.4, 0.5) is 4.79 Å². The maximum Gasteiger partial charge on any atom is 0.408 e. The van der Waals surface area contributed by atoms with Crippen molar-refractivity contribution in [3.8, 4) is 0 Å². The van der Waals surface area contributed by atoms with Crippen LogP contribution in [0.5, 0.6) is 0 Å². The SMILES string of the molecule is CC(C)C(NC(=O)OCc1ccccc1)C(=O)NC(C(=O)NC1Cc2cccc(n2)CNC(=O)C1=O)C(C)C. The summed E-state index contributed by atoms with van der Waals surface area (Å²) >= 11 is 0. The molecule has 0 fully saturated rings. The number of benzene rings is 1. The molecule has 3 rings (SSSR count). The largest absolute Gasteiger partial charge is 0.445 e. The van der Waals surface area contributed by atoms with Crippen molar-refractivity contribution in [1.82, 2.24) is 26.3 Å². The molecule has 0 spiro atoms. The Kier molecular flexibility index (Phi) is 10.1. The van der Waals surface area contributed by atoms with Gasteiger partial charge >= 0.3 is 6.09 Å². The number of ether oxygens (including phenoxy) is 1. The second-order valence-electron chi connectivity index (χ2n) is 10.1. The number of pyridine rings is 1. The number of Topliss-reactive ketones (excluding diaryl/α,β-unsaturated/α-hetero) is 1. The number of carbonyl (C=O) groups is 5. The number of hydrogen-bond acceptors (Lipinski definition) is 7. The van der Waals surface area contributed by atoms with Crippen LogP contribution in [0.25, 0.3) is 0 Å². The number of nitrogens with one attached hydrogen (secondary N) is 4. The third-order valence-corrected chi connectivity index (χ3v) is 6.25. The molecule has 11 heteroatoms. The van der Waals surface area contributed by atoms with Crippen LogP contribution in [-0.4, -0.2) is 52.7 Å². The number of rotatable bonds is 9. The van der Waals surface area contributed by atoms with Crippen molar-refractivity contribution in [3.05, 3.63) is 65.5 Å². The molecule has 2 bridgehead atoms. The minimum atomic E-state index is -1.16. The van der Waals surface area contributed by atoms with Gasteiger partial charge in [-0.15, -0.1) is 0 Å². The van der Waals surface area contributed by atoms with E-state index < -0.39 is 47.7 Å². The predicted octanol–water partition coefficient (Wildman–Crippen LogP) is 1.40. The lowest BCUT2D eigenvalue weighted by atomic mass is 9.98. The summed E-state index contributed by atoms with van der Waals surface area (Å²) in [6.45, 7) is 7.11. The molecule has 1 aromatic heterocycles. The summed E-state index contributed by atoms with van der Waals surface area (Å²) in [6, 6.07) is 11.1. The number of fused-ring (bicyclic) bond motifs is 2. The standard InChI is InChI=1S/C28H35N5O6/c1-16(2)22(25(35)31-21-13-19-11-8-12-20(30-19)14-29-27(37)24(21)34)32-26(36)23(17(3)4)33-28(38)39-15-18-9-6-5-7-10-18/h5-12,16-17,21-23H,13-15H2,1-4H3,(H,29,37)(H,31,35)(H,32,36)(H,33,38). The zero-order valence-corrected chi connectivity index (χ0v) is 22.5. The van der Waals surface area contributed by atoms with Crippen LogP contribution in [0.3, 0.4) is 0 Å². The zero-order valence-electron chi connectivity index (χ0n) is 22.5. The van der Waals surface area contributed by atoms with Crippen molar-refractivity contribution in [3.63, 3.8) is 0 Å². The highest BCUT2D eigenvalue weighted by molar-refractivity contribution is 6.38. The van der Waals surface area contributed by atoms with Crippen molar-refractivity contribution >= 4 is 29.6 Å². The molecule has 11 nitrogen and oxygen atoms in total. The average molecular weight is 538 g/mol. The van der Waals surface area contributed by atoms with Crippen molar-refractivity contribution in [2.75, 3.05) is 0 Å². The molecule has 4 amide bonds. The third-order valence-electron chi connectivity index (χ3n) is 6.25. The molecule has 0 radical (unpaired) electrons. The van der Waals surface area contributed by atoms with Gasteiger partial charge in [0, 0.05) is 12.1 Å². The molecular weight excluding hydrogens is 502 g/mol. The van der Waals surface area contributed by atoms with E-state index in [1.807, 2.05) is 30.3 Å². The minimum absolute atomic E-state index is 0.0218. The fourth-order valence-electron chi connectivity index (χ4n) is 4.04. The Morgan fingerprint density at radius 3 is 2.21 bits per heavy atom. The summed E-state index contributed by atoms with van der Waals surface area (Å²) < 4.78 is 5.24. The van der Waals surface area contributed by atoms with Gasteiger partial charge in [0.1, 0.15) is 24.7 Å². The van der Waals surface area contributed by atoms with Gasteiger partial charge in [-0.05, 0) is 29.5 Å². The summed E-state index contributed by atoms with van der Waals surface area (Å²) in [6.07, 6.45) is -0.747. The van der Waals surface area contributed by atoms with Gasteiger partial charge in [0.15, 0.2) is 0 Å². The first kappa shape index (κ1) is 29.3. The molecule has 3 unspecified atom stereocenters. The van der Waals surface area contributed by atoms with Gasteiger partial charge in [0.25, 0.3) is 5.91 Å². The molecule has 0 saturated heterocycles. The van der Waals surface area contributed by atoms with Crippen LogP contribution in [0.1, 0.15) is 44.6 Å². The highest BCUT2D eigenvalue weighted by atomic mass is 16.5. The number of aromatic nitrogens is 1. The number of amides is 4. The number of carbonyl (C=O) groups excluding carboxylic acids is 5. The van der Waals surface area contributed by atoms with E-state index in [1.54, 1.807) is 45.9 Å². The molecule has 2 heterocycles. The number of ketones is 1. The van der Waals surface area contributed by atoms with Gasteiger partial charge < -0.3 is 26.0 Å². The monoisotopic (exact) mass is 537 g/mol. The van der Waals surface area contributed by atoms with Gasteiger partial charge in [-0.2, -0.15) is 0 Å². The van der Waals surface area contributed by atoms with E-state index in [9.17, 15) is 24.0 Å². The summed E-state index contributed by atoms with van der Waals surface area (Å²) in [5.74, 6) is -3.52. The number of hydrogen-bond donors (Lipinski definition) is 4. The van der Waals surface area contributed by atoms with Gasteiger partial charge in [0.2, 0.25) is 17.6 Å². The second-order valence-corrected chi connectivity index (χ2v) is 10.1. The highest BCUT2D eigenvalue weighted by Gasteiger charge is 2.34. The molecule has 208 valence electrons. The molecule has 39 heavy (non-hydrogen) atoms. The minimum Gasteiger partial charge on any atom is -0.445 e. The van der Waals surface area contributed by atoms with E-state index in [2.05, 4.69) is 26.3 Å². The topological polar surface area (TPSA) is 156 Å². The van der Waals surface area contributed by atoms with Crippen LogP contribution in [0.15, 0.2) is 48.5 Å². The maximum atomic E-state index is 13.3. The lowest BCUT2D eigenvalue weighted by Crippen LogP contribution is -2.59. The Morgan fingerprint density at radius 2 is 1.54 bits per heavy atom. The van der Waals surface area contributed by atoms with E-state index in [4.69, 9.17) is 4.74 Å². The normalized spacial score (nSPS) is 16.7. The summed E-state index contributed by atoms with van der Waals surface area (Å²) in [5, 5.41) is 10.4. The Balaban J connectivity index is 1.67. The first-order valence-electron chi connectivity index (χ1n) is 12.9. The quantitative estimate of drug-likeness (QED) is 0.352. The van der Waals surface area contributed by atoms with Crippen LogP contribution in [0, 0.1) is 11.8 Å². The summed E-state index contributed by atoms with van der Waals surface area (Å²) in [4.78, 5) is 68.4. The lowest BCUT2D eigenvalue weighted by Gasteiger charge is -2.28. The Bertz CT molecular complexity index is 1200.